The predicted molar refractivity (Wildman–Crippen MR) is 94.7 cm³/mol. The fourth-order valence-corrected chi connectivity index (χ4v) is 3.54. The minimum atomic E-state index is -0.422. The summed E-state index contributed by atoms with van der Waals surface area (Å²) in [5.41, 5.74) is 2.31. The van der Waals surface area contributed by atoms with Crippen molar-refractivity contribution in [2.75, 3.05) is 6.79 Å². The Labute approximate surface area is 151 Å². The molecular weight excluding hydrogens is 356 g/mol. The van der Waals surface area contributed by atoms with E-state index in [9.17, 15) is 9.59 Å². The Morgan fingerprint density at radius 3 is 2.85 bits per heavy atom. The highest BCUT2D eigenvalue weighted by Gasteiger charge is 2.25. The molecule has 1 fully saturated rings. The molecule has 7 nitrogen and oxygen atoms in total. The zero-order chi connectivity index (χ0) is 17.7. The number of benzene rings is 1. The molecule has 26 heavy (non-hydrogen) atoms. The molecule has 8 heteroatoms. The molecule has 2 aliphatic rings. The van der Waals surface area contributed by atoms with Crippen molar-refractivity contribution >= 4 is 40.0 Å². The van der Waals surface area contributed by atoms with E-state index < -0.39 is 5.91 Å². The van der Waals surface area contributed by atoms with E-state index in [1.807, 2.05) is 18.2 Å². The second kappa shape index (κ2) is 5.63. The Morgan fingerprint density at radius 1 is 1.12 bits per heavy atom. The Hall–Kier alpha value is -3.26. The van der Waals surface area contributed by atoms with Gasteiger partial charge >= 0.3 is 0 Å². The van der Waals surface area contributed by atoms with Gasteiger partial charge in [0.1, 0.15) is 11.3 Å². The van der Waals surface area contributed by atoms with Crippen LogP contribution in [0.5, 0.6) is 11.5 Å². The van der Waals surface area contributed by atoms with E-state index in [0.29, 0.717) is 27.7 Å². The van der Waals surface area contributed by atoms with Gasteiger partial charge in [-0.25, -0.2) is 0 Å². The molecule has 2 aromatic heterocycles. The van der Waals surface area contributed by atoms with Crippen LogP contribution in [0.25, 0.3) is 28.2 Å². The highest BCUT2D eigenvalue weighted by molar-refractivity contribution is 8.18. The van der Waals surface area contributed by atoms with Gasteiger partial charge in [-0.15, -0.1) is 0 Å². The number of hydrogen-bond acceptors (Lipinski definition) is 7. The van der Waals surface area contributed by atoms with E-state index in [4.69, 9.17) is 13.9 Å². The quantitative estimate of drug-likeness (QED) is 0.694. The van der Waals surface area contributed by atoms with Gasteiger partial charge in [-0.3, -0.25) is 19.9 Å². The Balaban J connectivity index is 1.60. The first-order chi connectivity index (χ1) is 12.7. The summed E-state index contributed by atoms with van der Waals surface area (Å²) in [5, 5.41) is 2.62. The van der Waals surface area contributed by atoms with Crippen molar-refractivity contribution in [3.63, 3.8) is 0 Å². The number of nitrogens with zero attached hydrogens (tertiary/aromatic N) is 1. The van der Waals surface area contributed by atoms with Crippen molar-refractivity contribution in [3.8, 4) is 22.6 Å². The third-order valence-electron chi connectivity index (χ3n) is 4.04. The summed E-state index contributed by atoms with van der Waals surface area (Å²) in [7, 11) is 0. The van der Waals surface area contributed by atoms with Crippen LogP contribution in [0.2, 0.25) is 0 Å². The van der Waals surface area contributed by atoms with Gasteiger partial charge < -0.3 is 13.9 Å². The molecule has 4 heterocycles. The van der Waals surface area contributed by atoms with Crippen molar-refractivity contribution in [1.29, 1.82) is 0 Å². The maximum atomic E-state index is 11.7. The number of thioether (sulfide) groups is 1. The summed E-state index contributed by atoms with van der Waals surface area (Å²) >= 11 is 0.848. The molecule has 128 valence electrons. The van der Waals surface area contributed by atoms with Crippen LogP contribution < -0.4 is 14.8 Å². The number of furan rings is 1. The number of ether oxygens (including phenoxy) is 2. The number of amides is 2. The zero-order valence-electron chi connectivity index (χ0n) is 13.1. The van der Waals surface area contributed by atoms with E-state index >= 15 is 0 Å². The van der Waals surface area contributed by atoms with Gasteiger partial charge in [0.15, 0.2) is 11.5 Å². The van der Waals surface area contributed by atoms with E-state index in [1.165, 1.54) is 0 Å². The van der Waals surface area contributed by atoms with E-state index in [1.54, 1.807) is 24.5 Å². The fraction of sp³-hybridized carbons (Fsp3) is 0.0556. The van der Waals surface area contributed by atoms with Gasteiger partial charge in [-0.1, -0.05) is 6.07 Å². The normalized spacial score (nSPS) is 17.3. The number of imide groups is 1. The molecule has 1 N–H and O–H groups in total. The number of aromatic nitrogens is 1. The lowest BCUT2D eigenvalue weighted by Gasteiger charge is -2.03. The molecule has 0 radical (unpaired) electrons. The second-order valence-corrected chi connectivity index (χ2v) is 6.69. The van der Waals surface area contributed by atoms with Gasteiger partial charge in [-0.05, 0) is 35.5 Å². The molecule has 2 amide bonds. The van der Waals surface area contributed by atoms with Crippen LogP contribution in [-0.2, 0) is 4.79 Å². The molecule has 0 unspecified atom stereocenters. The Kier molecular flexibility index (Phi) is 3.26. The molecule has 5 rings (SSSR count). The van der Waals surface area contributed by atoms with Gasteiger partial charge in [-0.2, -0.15) is 0 Å². The van der Waals surface area contributed by atoms with Crippen LogP contribution in [0.4, 0.5) is 4.79 Å². The van der Waals surface area contributed by atoms with Gasteiger partial charge in [0.05, 0.1) is 4.91 Å². The molecule has 0 aliphatic carbocycles. The number of carbonyl (C=O) groups excluding carboxylic acids is 2. The second-order valence-electron chi connectivity index (χ2n) is 5.67. The average molecular weight is 366 g/mol. The largest absolute Gasteiger partial charge is 0.456 e. The molecule has 3 aromatic rings. The topological polar surface area (TPSA) is 90.7 Å². The molecule has 0 saturated carbocycles. The Bertz CT molecular complexity index is 1120. The summed E-state index contributed by atoms with van der Waals surface area (Å²) < 4.78 is 16.7. The van der Waals surface area contributed by atoms with Crippen molar-refractivity contribution < 1.29 is 23.5 Å². The summed E-state index contributed by atoms with van der Waals surface area (Å²) in [6.07, 6.45) is 4.94. The average Bonchev–Trinajstić information content (AvgIpc) is 3.32. The summed E-state index contributed by atoms with van der Waals surface area (Å²) in [5.74, 6) is 1.43. The number of rotatable bonds is 2. The smallest absolute Gasteiger partial charge is 0.290 e. The highest BCUT2D eigenvalue weighted by atomic mass is 32.2. The number of hydrogen-bond donors (Lipinski definition) is 1. The molecule has 0 atom stereocenters. The van der Waals surface area contributed by atoms with Gasteiger partial charge in [0, 0.05) is 29.4 Å². The van der Waals surface area contributed by atoms with Gasteiger partial charge in [0.2, 0.25) is 6.79 Å². The van der Waals surface area contributed by atoms with Gasteiger partial charge in [0.25, 0.3) is 11.1 Å². The lowest BCUT2D eigenvalue weighted by Crippen LogP contribution is -2.17. The van der Waals surface area contributed by atoms with Crippen LogP contribution >= 0.6 is 11.8 Å². The fourth-order valence-electron chi connectivity index (χ4n) is 2.87. The highest BCUT2D eigenvalue weighted by Crippen LogP contribution is 2.38. The van der Waals surface area contributed by atoms with Crippen LogP contribution in [-0.4, -0.2) is 22.9 Å². The standard InChI is InChI=1S/C18H10N2O5S/c21-17-15(26-18(22)20-17)5-11-3-10-6-19-7-12(16(10)25-11)9-1-2-13-14(4-9)24-8-23-13/h1-7H,8H2,(H,20,21,22)/b15-5+. The maximum absolute atomic E-state index is 11.7. The zero-order valence-corrected chi connectivity index (χ0v) is 14.0. The predicted octanol–water partition coefficient (Wildman–Crippen LogP) is 3.55. The van der Waals surface area contributed by atoms with Crippen molar-refractivity contribution in [2.24, 2.45) is 0 Å². The molecule has 1 saturated heterocycles. The minimum absolute atomic E-state index is 0.207. The number of fused-ring (bicyclic) bond motifs is 2. The van der Waals surface area contributed by atoms with Crippen LogP contribution in [0.1, 0.15) is 5.76 Å². The van der Waals surface area contributed by atoms with E-state index in [0.717, 1.165) is 28.3 Å². The molecule has 2 aliphatic heterocycles. The van der Waals surface area contributed by atoms with Crippen LogP contribution in [0.15, 0.2) is 46.0 Å². The summed E-state index contributed by atoms with van der Waals surface area (Å²) in [6.45, 7) is 0.207. The SMILES string of the molecule is O=C1NC(=O)/C(=C\c2cc3cncc(-c4ccc5c(c4)OCO5)c3o2)S1. The summed E-state index contributed by atoms with van der Waals surface area (Å²) in [4.78, 5) is 27.5. The first-order valence-electron chi connectivity index (χ1n) is 7.70. The van der Waals surface area contributed by atoms with Crippen molar-refractivity contribution in [2.45, 2.75) is 0 Å². The first-order valence-corrected chi connectivity index (χ1v) is 8.51. The molecule has 0 bridgehead atoms. The molecule has 0 spiro atoms. The van der Waals surface area contributed by atoms with Crippen LogP contribution in [0.3, 0.4) is 0 Å². The number of pyridine rings is 1. The number of nitrogens with one attached hydrogen (secondary N) is 1. The minimum Gasteiger partial charge on any atom is -0.456 e. The third-order valence-corrected chi connectivity index (χ3v) is 4.85. The Morgan fingerprint density at radius 2 is 2.00 bits per heavy atom. The summed E-state index contributed by atoms with van der Waals surface area (Å²) in [6, 6.07) is 7.40. The number of carbonyl (C=O) groups is 2. The van der Waals surface area contributed by atoms with Crippen LogP contribution in [0, 0.1) is 0 Å². The van der Waals surface area contributed by atoms with E-state index in [-0.39, 0.29) is 12.0 Å². The maximum Gasteiger partial charge on any atom is 0.290 e. The monoisotopic (exact) mass is 366 g/mol. The lowest BCUT2D eigenvalue weighted by atomic mass is 10.1. The lowest BCUT2D eigenvalue weighted by molar-refractivity contribution is -0.115. The van der Waals surface area contributed by atoms with Crippen molar-refractivity contribution in [1.82, 2.24) is 10.3 Å². The third kappa shape index (κ3) is 2.42. The molecular formula is C18H10N2O5S. The first kappa shape index (κ1) is 15.0. The van der Waals surface area contributed by atoms with E-state index in [2.05, 4.69) is 10.3 Å². The molecule has 1 aromatic carbocycles. The van der Waals surface area contributed by atoms with Crippen molar-refractivity contribution in [3.05, 3.63) is 47.3 Å².